The van der Waals surface area contributed by atoms with Crippen LogP contribution in [-0.2, 0) is 18.8 Å². The number of fused-ring (bicyclic) bond motifs is 1. The van der Waals surface area contributed by atoms with E-state index in [9.17, 15) is 19.2 Å². The highest BCUT2D eigenvalue weighted by atomic mass is 16.5. The second-order valence-corrected chi connectivity index (χ2v) is 11.2. The van der Waals surface area contributed by atoms with E-state index >= 15 is 0 Å². The van der Waals surface area contributed by atoms with Gasteiger partial charge >= 0.3 is 0 Å². The van der Waals surface area contributed by atoms with E-state index in [0.717, 1.165) is 4.74 Å². The van der Waals surface area contributed by atoms with Gasteiger partial charge in [0.2, 0.25) is 0 Å². The molecular formula is C34H33N7O6. The molecule has 3 amide bonds. The minimum Gasteiger partial charge on any atom is -0.385 e. The van der Waals surface area contributed by atoms with Gasteiger partial charge in [0.15, 0.2) is 5.82 Å². The maximum absolute atomic E-state index is 14.1. The van der Waals surface area contributed by atoms with Crippen molar-refractivity contribution < 1.29 is 27.8 Å². The first-order valence-corrected chi connectivity index (χ1v) is 14.7. The van der Waals surface area contributed by atoms with Crippen LogP contribution in [0.5, 0.6) is 0 Å². The summed E-state index contributed by atoms with van der Waals surface area (Å²) in [7, 11) is 0.614. The fraction of sp³-hybridized carbons (Fsp3) is 0.235. The minimum absolute atomic E-state index is 0.0223. The predicted octanol–water partition coefficient (Wildman–Crippen LogP) is 4.63. The summed E-state index contributed by atoms with van der Waals surface area (Å²) in [5, 5.41) is 5.50. The van der Waals surface area contributed by atoms with Gasteiger partial charge in [0.05, 0.1) is 22.0 Å². The summed E-state index contributed by atoms with van der Waals surface area (Å²) in [6.45, 7) is 3.08. The lowest BCUT2D eigenvalue weighted by Crippen LogP contribution is -2.29. The fourth-order valence-corrected chi connectivity index (χ4v) is 5.82. The Kier molecular flexibility index (Phi) is 7.32. The standard InChI is InChI=1S/C34H33N7O6/c1-19-15-25-29(30(36-19)32(43)37-23-8-6-7-22(16-23)31(42)38-27-17-39(3)18-35-27)26(13-14-46-5)41(33(25)44)24-11-9-21(10-12-24)28-20(2)47-40(4)34(28)45/h6-12,15-18,26H,13-14H2,1-5H3,(H,37,43)(H,38,42)/t26-/m0/s1/i5D3. The molecule has 1 aliphatic heterocycles. The van der Waals surface area contributed by atoms with Crippen LogP contribution in [0.2, 0.25) is 0 Å². The first kappa shape index (κ1) is 27.5. The largest absolute Gasteiger partial charge is 0.385 e. The number of nitrogens with one attached hydrogen (secondary N) is 2. The predicted molar refractivity (Wildman–Crippen MR) is 175 cm³/mol. The molecule has 1 atom stereocenters. The van der Waals surface area contributed by atoms with Crippen LogP contribution in [0.1, 0.15) is 64.8 Å². The second kappa shape index (κ2) is 12.5. The number of anilines is 3. The molecule has 0 bridgehead atoms. The molecule has 1 aliphatic rings. The van der Waals surface area contributed by atoms with Gasteiger partial charge in [0, 0.05) is 67.7 Å². The summed E-state index contributed by atoms with van der Waals surface area (Å²) in [5.41, 5.74) is 2.59. The third-order valence-corrected chi connectivity index (χ3v) is 7.88. The van der Waals surface area contributed by atoms with E-state index in [1.54, 1.807) is 86.5 Å². The Bertz CT molecular complexity index is 2190. The molecule has 0 saturated heterocycles. The van der Waals surface area contributed by atoms with Crippen LogP contribution in [0.25, 0.3) is 11.1 Å². The number of hydrogen-bond donors (Lipinski definition) is 2. The molecular weight excluding hydrogens is 602 g/mol. The number of carbonyl (C=O) groups is 3. The maximum Gasteiger partial charge on any atom is 0.290 e. The lowest BCUT2D eigenvalue weighted by molar-refractivity contribution is 0.0983. The number of ether oxygens (including phenoxy) is 1. The molecule has 240 valence electrons. The highest BCUT2D eigenvalue weighted by Gasteiger charge is 2.41. The number of pyridine rings is 1. The van der Waals surface area contributed by atoms with Crippen molar-refractivity contribution in [3.8, 4) is 11.1 Å². The van der Waals surface area contributed by atoms with E-state index < -0.39 is 30.8 Å². The fourth-order valence-electron chi connectivity index (χ4n) is 5.82. The molecule has 13 nitrogen and oxygen atoms in total. The van der Waals surface area contributed by atoms with Crippen LogP contribution < -0.4 is 21.1 Å². The molecule has 4 heterocycles. The van der Waals surface area contributed by atoms with E-state index in [4.69, 9.17) is 13.4 Å². The van der Waals surface area contributed by atoms with E-state index in [1.165, 1.54) is 18.0 Å². The van der Waals surface area contributed by atoms with Crippen LogP contribution in [-0.4, -0.2) is 50.6 Å². The van der Waals surface area contributed by atoms with Crippen molar-refractivity contribution in [2.75, 3.05) is 29.2 Å². The van der Waals surface area contributed by atoms with Crippen molar-refractivity contribution >= 4 is 34.9 Å². The Labute approximate surface area is 274 Å². The molecule has 5 aromatic rings. The summed E-state index contributed by atoms with van der Waals surface area (Å²) in [6, 6.07) is 13.8. The van der Waals surface area contributed by atoms with Crippen LogP contribution in [0.3, 0.4) is 0 Å². The highest BCUT2D eigenvalue weighted by Crippen LogP contribution is 2.42. The van der Waals surface area contributed by atoms with Crippen LogP contribution in [0.15, 0.2) is 76.4 Å². The van der Waals surface area contributed by atoms with E-state index in [2.05, 4.69) is 20.6 Å². The van der Waals surface area contributed by atoms with Crippen LogP contribution in [0, 0.1) is 13.8 Å². The number of benzene rings is 2. The second-order valence-electron chi connectivity index (χ2n) is 11.2. The maximum atomic E-state index is 14.1. The van der Waals surface area contributed by atoms with Crippen molar-refractivity contribution in [1.29, 1.82) is 0 Å². The van der Waals surface area contributed by atoms with Gasteiger partial charge in [-0.05, 0) is 62.2 Å². The summed E-state index contributed by atoms with van der Waals surface area (Å²) in [4.78, 5) is 63.6. The molecule has 2 aromatic carbocycles. The third kappa shape index (κ3) is 5.95. The molecule has 6 rings (SSSR count). The Hall–Kier alpha value is -5.82. The molecule has 0 radical (unpaired) electrons. The van der Waals surface area contributed by atoms with Gasteiger partial charge in [0.25, 0.3) is 23.3 Å². The number of aryl methyl sites for hydroxylation is 4. The molecule has 2 N–H and O–H groups in total. The van der Waals surface area contributed by atoms with Gasteiger partial charge in [0.1, 0.15) is 11.5 Å². The van der Waals surface area contributed by atoms with Crippen molar-refractivity contribution in [2.45, 2.75) is 26.3 Å². The number of aromatic nitrogens is 4. The number of hydrogen-bond acceptors (Lipinski definition) is 8. The highest BCUT2D eigenvalue weighted by molar-refractivity contribution is 6.15. The molecule has 13 heteroatoms. The number of imidazole rings is 1. The average molecular weight is 639 g/mol. The Balaban J connectivity index is 1.33. The first-order valence-electron chi connectivity index (χ1n) is 16.2. The van der Waals surface area contributed by atoms with Gasteiger partial charge in [-0.1, -0.05) is 18.2 Å². The quantitative estimate of drug-likeness (QED) is 0.237. The molecule has 3 aromatic heterocycles. The molecule has 0 saturated carbocycles. The van der Waals surface area contributed by atoms with Crippen molar-refractivity contribution in [3.05, 3.63) is 111 Å². The summed E-state index contributed by atoms with van der Waals surface area (Å²) < 4.78 is 35.8. The van der Waals surface area contributed by atoms with Gasteiger partial charge in [-0.25, -0.2) is 9.97 Å². The summed E-state index contributed by atoms with van der Waals surface area (Å²) >= 11 is 0. The number of carbonyl (C=O) groups excluding carboxylic acids is 3. The molecule has 0 unspecified atom stereocenters. The monoisotopic (exact) mass is 638 g/mol. The van der Waals surface area contributed by atoms with Gasteiger partial charge < -0.3 is 29.4 Å². The molecule has 0 aliphatic carbocycles. The summed E-state index contributed by atoms with van der Waals surface area (Å²) in [6.07, 6.45) is 3.22. The zero-order valence-electron chi connectivity index (χ0n) is 29.0. The Morgan fingerprint density at radius 1 is 1.04 bits per heavy atom. The SMILES string of the molecule is [2H]C([2H])([2H])OCC[C@H]1c2c(cc(C)nc2C(=O)Nc2cccc(C(=O)Nc3cn(C)cn3)c2)C(=O)N1c1ccc(-c2c(C)on(C)c2=O)cc1. The number of amides is 3. The van der Waals surface area contributed by atoms with Gasteiger partial charge in [-0.2, -0.15) is 4.74 Å². The van der Waals surface area contributed by atoms with Crippen molar-refractivity contribution in [1.82, 2.24) is 19.3 Å². The number of methoxy groups -OCH3 is 1. The van der Waals surface area contributed by atoms with Crippen LogP contribution in [0.4, 0.5) is 17.2 Å². The first-order chi connectivity index (χ1) is 23.7. The van der Waals surface area contributed by atoms with Gasteiger partial charge in [-0.15, -0.1) is 0 Å². The topological polar surface area (TPSA) is 154 Å². The van der Waals surface area contributed by atoms with E-state index in [1.807, 2.05) is 0 Å². The Morgan fingerprint density at radius 2 is 1.83 bits per heavy atom. The third-order valence-electron chi connectivity index (χ3n) is 7.88. The summed E-state index contributed by atoms with van der Waals surface area (Å²) in [5.74, 6) is -0.685. The number of nitrogens with zero attached hydrogens (tertiary/aromatic N) is 5. The molecule has 47 heavy (non-hydrogen) atoms. The minimum atomic E-state index is -2.67. The Morgan fingerprint density at radius 3 is 2.51 bits per heavy atom. The normalized spacial score (nSPS) is 15.1. The van der Waals surface area contributed by atoms with Crippen molar-refractivity contribution in [3.63, 3.8) is 0 Å². The molecule has 0 spiro atoms. The smallest absolute Gasteiger partial charge is 0.290 e. The van der Waals surface area contributed by atoms with E-state index in [0.29, 0.717) is 45.3 Å². The number of rotatable bonds is 9. The zero-order valence-corrected chi connectivity index (χ0v) is 26.0. The van der Waals surface area contributed by atoms with Crippen molar-refractivity contribution in [2.24, 2.45) is 14.1 Å². The average Bonchev–Trinajstić information content (AvgIpc) is 3.67. The molecule has 0 fully saturated rings. The lowest BCUT2D eigenvalue weighted by atomic mass is 9.98. The van der Waals surface area contributed by atoms with Gasteiger partial charge in [-0.3, -0.25) is 19.2 Å². The zero-order chi connectivity index (χ0) is 35.9. The van der Waals surface area contributed by atoms with Crippen LogP contribution >= 0.6 is 0 Å². The van der Waals surface area contributed by atoms with E-state index in [-0.39, 0.29) is 35.4 Å². The lowest BCUT2D eigenvalue weighted by Gasteiger charge is -2.26.